The lowest BCUT2D eigenvalue weighted by Gasteiger charge is -2.33. The summed E-state index contributed by atoms with van der Waals surface area (Å²) < 4.78 is 55.3. The van der Waals surface area contributed by atoms with Gasteiger partial charge in [-0.3, -0.25) is 4.79 Å². The lowest BCUT2D eigenvalue weighted by Crippen LogP contribution is -2.46. The summed E-state index contributed by atoms with van der Waals surface area (Å²) in [6.45, 7) is 4.26. The molecule has 4 rings (SSSR count). The number of allylic oxidation sites excluding steroid dienone is 1. The number of carbonyl (C=O) groups excluding carboxylic acids is 1. The van der Waals surface area contributed by atoms with Crippen LogP contribution < -0.4 is 10.6 Å². The maximum Gasteiger partial charge on any atom is 0.417 e. The van der Waals surface area contributed by atoms with Gasteiger partial charge in [-0.25, -0.2) is 9.37 Å². The molecular formula is C24H26F4N4O. The molecule has 2 saturated heterocycles. The molecule has 176 valence electrons. The van der Waals surface area contributed by atoms with E-state index in [1.54, 1.807) is 36.4 Å². The normalized spacial score (nSPS) is 24.4. The van der Waals surface area contributed by atoms with Crippen molar-refractivity contribution in [1.82, 2.24) is 15.2 Å². The van der Waals surface area contributed by atoms with Crippen LogP contribution in [0.25, 0.3) is 22.4 Å². The minimum absolute atomic E-state index is 0.0624. The van der Waals surface area contributed by atoms with Crippen molar-refractivity contribution in [1.29, 1.82) is 0 Å². The second-order valence-corrected chi connectivity index (χ2v) is 8.66. The van der Waals surface area contributed by atoms with E-state index in [-0.39, 0.29) is 23.0 Å². The van der Waals surface area contributed by atoms with E-state index in [0.717, 1.165) is 6.54 Å². The monoisotopic (exact) mass is 462 g/mol. The summed E-state index contributed by atoms with van der Waals surface area (Å²) in [5, 5.41) is 6.79. The van der Waals surface area contributed by atoms with Crippen LogP contribution in [0, 0.1) is 0 Å². The van der Waals surface area contributed by atoms with Crippen molar-refractivity contribution in [2.24, 2.45) is 0 Å². The summed E-state index contributed by atoms with van der Waals surface area (Å²) in [7, 11) is 1.85. The van der Waals surface area contributed by atoms with E-state index >= 15 is 0 Å². The van der Waals surface area contributed by atoms with Crippen molar-refractivity contribution in [2.45, 2.75) is 43.7 Å². The zero-order valence-electron chi connectivity index (χ0n) is 18.3. The topological polar surface area (TPSA) is 57.3 Å². The highest BCUT2D eigenvalue weighted by molar-refractivity contribution is 6.00. The zero-order chi connectivity index (χ0) is 23.8. The molecule has 3 atom stereocenters. The van der Waals surface area contributed by atoms with E-state index in [2.05, 4.69) is 22.2 Å². The average Bonchev–Trinajstić information content (AvgIpc) is 3.18. The molecule has 1 aromatic carbocycles. The van der Waals surface area contributed by atoms with Gasteiger partial charge in [0.1, 0.15) is 6.17 Å². The Kier molecular flexibility index (Phi) is 6.43. The SMILES string of the molecule is C=C(c1nc(/C=C/C2CCC(=O)N2)cc2c(N[C@@H]3CCN(C)C[C@@H]3F)cccc12)C(F)(F)F. The Morgan fingerprint density at radius 3 is 2.76 bits per heavy atom. The van der Waals surface area contributed by atoms with Gasteiger partial charge >= 0.3 is 6.18 Å². The van der Waals surface area contributed by atoms with Gasteiger partial charge in [-0.15, -0.1) is 0 Å². The first kappa shape index (κ1) is 23.2. The molecule has 5 nitrogen and oxygen atoms in total. The molecule has 2 aromatic rings. The number of amides is 1. The van der Waals surface area contributed by atoms with Crippen LogP contribution in [0.3, 0.4) is 0 Å². The van der Waals surface area contributed by atoms with Crippen LogP contribution in [0.2, 0.25) is 0 Å². The average molecular weight is 462 g/mol. The predicted molar refractivity (Wildman–Crippen MR) is 121 cm³/mol. The summed E-state index contributed by atoms with van der Waals surface area (Å²) in [6.07, 6.45) is -0.817. The number of fused-ring (bicyclic) bond motifs is 1. The highest BCUT2D eigenvalue weighted by Crippen LogP contribution is 2.37. The summed E-state index contributed by atoms with van der Waals surface area (Å²) >= 11 is 0. The number of aromatic nitrogens is 1. The summed E-state index contributed by atoms with van der Waals surface area (Å²) in [6, 6.07) is 5.97. The van der Waals surface area contributed by atoms with Gasteiger partial charge in [0.25, 0.3) is 0 Å². The minimum Gasteiger partial charge on any atom is -0.379 e. The van der Waals surface area contributed by atoms with E-state index in [1.807, 2.05) is 11.9 Å². The number of rotatable bonds is 5. The Morgan fingerprint density at radius 1 is 1.30 bits per heavy atom. The first-order chi connectivity index (χ1) is 15.6. The van der Waals surface area contributed by atoms with Gasteiger partial charge < -0.3 is 15.5 Å². The molecule has 2 aliphatic rings. The number of nitrogens with one attached hydrogen (secondary N) is 2. The molecular weight excluding hydrogens is 436 g/mol. The van der Waals surface area contributed by atoms with Crippen molar-refractivity contribution < 1.29 is 22.4 Å². The molecule has 33 heavy (non-hydrogen) atoms. The number of likely N-dealkylation sites (tertiary alicyclic amines) is 1. The Balaban J connectivity index is 1.75. The number of nitrogens with zero attached hydrogens (tertiary/aromatic N) is 2. The first-order valence-electron chi connectivity index (χ1n) is 10.9. The molecule has 1 unspecified atom stereocenters. The number of hydrogen-bond acceptors (Lipinski definition) is 4. The number of alkyl halides is 4. The molecule has 9 heteroatoms. The third kappa shape index (κ3) is 5.19. The van der Waals surface area contributed by atoms with Gasteiger partial charge in [-0.1, -0.05) is 24.8 Å². The van der Waals surface area contributed by atoms with Crippen molar-refractivity contribution in [3.63, 3.8) is 0 Å². The number of anilines is 1. The number of carbonyl (C=O) groups is 1. The number of hydrogen-bond donors (Lipinski definition) is 2. The van der Waals surface area contributed by atoms with E-state index in [0.29, 0.717) is 42.6 Å². The fraction of sp³-hybridized carbons (Fsp3) is 0.417. The molecule has 0 bridgehead atoms. The molecule has 2 aliphatic heterocycles. The zero-order valence-corrected chi connectivity index (χ0v) is 18.3. The van der Waals surface area contributed by atoms with Crippen molar-refractivity contribution in [2.75, 3.05) is 25.5 Å². The molecule has 2 N–H and O–H groups in total. The Labute approximate surface area is 189 Å². The lowest BCUT2D eigenvalue weighted by molar-refractivity contribution is -0.119. The van der Waals surface area contributed by atoms with E-state index in [4.69, 9.17) is 0 Å². The van der Waals surface area contributed by atoms with Crippen LogP contribution >= 0.6 is 0 Å². The standard InChI is InChI=1S/C24H26F4N4O/c1-14(24(26,27)28)23-17-4-3-5-20(31-21-10-11-32(2)13-19(21)25)18(17)12-16(30-23)7-6-15-8-9-22(33)29-15/h3-7,12,15,19,21,31H,1,8-11,13H2,2H3,(H,29,33)/b7-6+/t15?,19-,21+/m0/s1. The molecule has 0 aliphatic carbocycles. The minimum atomic E-state index is -4.65. The van der Waals surface area contributed by atoms with Gasteiger partial charge in [0.05, 0.1) is 23.0 Å². The maximum atomic E-state index is 14.6. The number of piperidine rings is 1. The quantitative estimate of drug-likeness (QED) is 0.640. The third-order valence-corrected chi connectivity index (χ3v) is 6.14. The second kappa shape index (κ2) is 9.13. The molecule has 0 spiro atoms. The molecule has 0 radical (unpaired) electrons. The Morgan fingerprint density at radius 2 is 2.09 bits per heavy atom. The molecule has 1 aromatic heterocycles. The first-order valence-corrected chi connectivity index (χ1v) is 10.9. The van der Waals surface area contributed by atoms with Gasteiger partial charge in [-0.05, 0) is 38.1 Å². The predicted octanol–water partition coefficient (Wildman–Crippen LogP) is 4.56. The van der Waals surface area contributed by atoms with E-state index in [1.165, 1.54) is 0 Å². The van der Waals surface area contributed by atoms with E-state index < -0.39 is 24.0 Å². The summed E-state index contributed by atoms with van der Waals surface area (Å²) in [5.74, 6) is -0.0624. The number of pyridine rings is 1. The maximum absolute atomic E-state index is 14.6. The van der Waals surface area contributed by atoms with Crippen LogP contribution in [-0.4, -0.2) is 60.4 Å². The van der Waals surface area contributed by atoms with Gasteiger partial charge in [0.2, 0.25) is 5.91 Å². The Bertz CT molecular complexity index is 1100. The van der Waals surface area contributed by atoms with Gasteiger partial charge in [-0.2, -0.15) is 13.2 Å². The summed E-state index contributed by atoms with van der Waals surface area (Å²) in [5.41, 5.74) is -0.457. The van der Waals surface area contributed by atoms with Crippen LogP contribution in [0.1, 0.15) is 30.7 Å². The molecule has 1 amide bonds. The van der Waals surface area contributed by atoms with Crippen molar-refractivity contribution in [3.8, 4) is 0 Å². The van der Waals surface area contributed by atoms with Crippen LogP contribution in [0.5, 0.6) is 0 Å². The van der Waals surface area contributed by atoms with E-state index in [9.17, 15) is 22.4 Å². The smallest absolute Gasteiger partial charge is 0.379 e. The van der Waals surface area contributed by atoms with Crippen LogP contribution in [0.15, 0.2) is 36.9 Å². The molecule has 2 fully saturated rings. The Hall–Kier alpha value is -2.94. The second-order valence-electron chi connectivity index (χ2n) is 8.66. The largest absolute Gasteiger partial charge is 0.417 e. The number of halogens is 4. The highest BCUT2D eigenvalue weighted by atomic mass is 19.4. The van der Waals surface area contributed by atoms with Crippen molar-refractivity contribution in [3.05, 3.63) is 48.3 Å². The fourth-order valence-electron chi connectivity index (χ4n) is 4.29. The molecule has 3 heterocycles. The van der Waals surface area contributed by atoms with Gasteiger partial charge in [0, 0.05) is 42.0 Å². The van der Waals surface area contributed by atoms with Gasteiger partial charge in [0.15, 0.2) is 0 Å². The lowest BCUT2D eigenvalue weighted by atomic mass is 9.99. The molecule has 0 saturated carbocycles. The van der Waals surface area contributed by atoms with Crippen molar-refractivity contribution >= 4 is 34.0 Å². The third-order valence-electron chi connectivity index (χ3n) is 6.14. The fourth-order valence-corrected chi connectivity index (χ4v) is 4.29. The number of benzene rings is 1. The highest BCUT2D eigenvalue weighted by Gasteiger charge is 2.35. The summed E-state index contributed by atoms with van der Waals surface area (Å²) in [4.78, 5) is 17.6. The van der Waals surface area contributed by atoms with Crippen LogP contribution in [-0.2, 0) is 4.79 Å². The van der Waals surface area contributed by atoms with Crippen LogP contribution in [0.4, 0.5) is 23.2 Å².